The van der Waals surface area contributed by atoms with E-state index in [9.17, 15) is 9.18 Å². The second kappa shape index (κ2) is 10.7. The molecule has 1 aliphatic heterocycles. The Morgan fingerprint density at radius 1 is 1.23 bits per heavy atom. The second-order valence-corrected chi connectivity index (χ2v) is 11.5. The van der Waals surface area contributed by atoms with Crippen LogP contribution in [0.5, 0.6) is 0 Å². The normalized spacial score (nSPS) is 19.5. The van der Waals surface area contributed by atoms with Gasteiger partial charge in [0, 0.05) is 29.6 Å². The molecule has 2 aliphatic rings. The Balaban J connectivity index is 1.18. The van der Waals surface area contributed by atoms with Gasteiger partial charge in [0.2, 0.25) is 0 Å². The number of esters is 1. The SMILES string of the molecule is CC[C@H]1C[C@H](OCc2c(-c3ccccc3C)noc2C2CC2)CCN1c1nc2c(F)cc(C(=O)OC)cc2s1. The van der Waals surface area contributed by atoms with Crippen molar-refractivity contribution in [3.8, 4) is 11.3 Å². The maximum absolute atomic E-state index is 14.8. The van der Waals surface area contributed by atoms with Gasteiger partial charge in [-0.25, -0.2) is 14.2 Å². The fraction of sp³-hybridized carbons (Fsp3) is 0.433. The summed E-state index contributed by atoms with van der Waals surface area (Å²) in [5, 5.41) is 5.25. The van der Waals surface area contributed by atoms with Crippen LogP contribution in [0, 0.1) is 12.7 Å². The van der Waals surface area contributed by atoms with Crippen LogP contribution in [0.1, 0.15) is 72.2 Å². The Hall–Kier alpha value is -3.30. The minimum Gasteiger partial charge on any atom is -0.465 e. The molecule has 0 amide bonds. The van der Waals surface area contributed by atoms with Crippen molar-refractivity contribution in [3.05, 3.63) is 64.7 Å². The van der Waals surface area contributed by atoms with Crippen molar-refractivity contribution in [1.29, 1.82) is 0 Å². The molecule has 3 heterocycles. The zero-order valence-corrected chi connectivity index (χ0v) is 23.2. The molecule has 7 nitrogen and oxygen atoms in total. The van der Waals surface area contributed by atoms with Gasteiger partial charge in [-0.1, -0.05) is 47.7 Å². The summed E-state index contributed by atoms with van der Waals surface area (Å²) in [4.78, 5) is 18.8. The summed E-state index contributed by atoms with van der Waals surface area (Å²) in [6, 6.07) is 11.3. The summed E-state index contributed by atoms with van der Waals surface area (Å²) < 4.78 is 32.6. The largest absolute Gasteiger partial charge is 0.465 e. The number of piperidine rings is 1. The number of thiazole rings is 1. The molecule has 39 heavy (non-hydrogen) atoms. The van der Waals surface area contributed by atoms with Gasteiger partial charge in [-0.05, 0) is 56.7 Å². The first-order valence-electron chi connectivity index (χ1n) is 13.6. The monoisotopic (exact) mass is 549 g/mol. The van der Waals surface area contributed by atoms with Crippen LogP contribution < -0.4 is 4.90 Å². The van der Waals surface area contributed by atoms with Gasteiger partial charge >= 0.3 is 5.97 Å². The molecule has 0 spiro atoms. The Bertz CT molecular complexity index is 1510. The van der Waals surface area contributed by atoms with Gasteiger partial charge in [-0.3, -0.25) is 0 Å². The van der Waals surface area contributed by atoms with Crippen LogP contribution in [0.3, 0.4) is 0 Å². The Morgan fingerprint density at radius 2 is 2.05 bits per heavy atom. The lowest BCUT2D eigenvalue weighted by molar-refractivity contribution is 0.0157. The van der Waals surface area contributed by atoms with Crippen LogP contribution in [-0.4, -0.2) is 41.9 Å². The number of carbonyl (C=O) groups is 1. The molecule has 1 saturated heterocycles. The highest BCUT2D eigenvalue weighted by Gasteiger charge is 2.35. The van der Waals surface area contributed by atoms with Crippen LogP contribution in [0.4, 0.5) is 9.52 Å². The number of methoxy groups -OCH3 is 1. The van der Waals surface area contributed by atoms with Crippen molar-refractivity contribution in [2.75, 3.05) is 18.6 Å². The molecule has 0 radical (unpaired) electrons. The predicted octanol–water partition coefficient (Wildman–Crippen LogP) is 7.03. The molecule has 4 aromatic rings. The lowest BCUT2D eigenvalue weighted by atomic mass is 9.97. The topological polar surface area (TPSA) is 77.7 Å². The third-order valence-corrected chi connectivity index (χ3v) is 8.91. The molecule has 1 aliphatic carbocycles. The number of benzene rings is 2. The molecule has 2 atom stereocenters. The van der Waals surface area contributed by atoms with Crippen molar-refractivity contribution in [2.45, 2.75) is 70.6 Å². The number of hydrogen-bond acceptors (Lipinski definition) is 8. The first-order valence-corrected chi connectivity index (χ1v) is 14.4. The van der Waals surface area contributed by atoms with E-state index in [1.54, 1.807) is 6.07 Å². The Kier molecular flexibility index (Phi) is 7.12. The fourth-order valence-corrected chi connectivity index (χ4v) is 6.64. The average molecular weight is 550 g/mol. The molecule has 9 heteroatoms. The van der Waals surface area contributed by atoms with E-state index in [0.717, 1.165) is 66.4 Å². The number of nitrogens with zero attached hydrogens (tertiary/aromatic N) is 3. The van der Waals surface area contributed by atoms with Crippen molar-refractivity contribution in [2.24, 2.45) is 0 Å². The minimum atomic E-state index is -0.557. The molecule has 0 bridgehead atoms. The molecule has 2 fully saturated rings. The van der Waals surface area contributed by atoms with E-state index in [1.807, 2.05) is 12.1 Å². The zero-order chi connectivity index (χ0) is 27.1. The second-order valence-electron chi connectivity index (χ2n) is 10.5. The maximum Gasteiger partial charge on any atom is 0.338 e. The lowest BCUT2D eigenvalue weighted by Gasteiger charge is -2.39. The van der Waals surface area contributed by atoms with E-state index < -0.39 is 11.8 Å². The standard InChI is InChI=1S/C30H32FN3O4S/c1-4-20-15-21(11-12-34(20)30-32-27-24(31)13-19(29(35)36-3)14-25(27)39-30)37-16-23-26(22-8-6-5-7-17(22)2)33-38-28(23)18-9-10-18/h5-8,13-14,18,20-21H,4,9-12,15-16H2,1-3H3/t20-,21+/m0/s1. The molecule has 0 N–H and O–H groups in total. The quantitative estimate of drug-likeness (QED) is 0.218. The first kappa shape index (κ1) is 26.0. The van der Waals surface area contributed by atoms with Crippen molar-refractivity contribution in [1.82, 2.24) is 10.1 Å². The zero-order valence-electron chi connectivity index (χ0n) is 22.4. The number of rotatable bonds is 8. The van der Waals surface area contributed by atoms with Gasteiger partial charge in [0.25, 0.3) is 0 Å². The molecule has 0 unspecified atom stereocenters. The van der Waals surface area contributed by atoms with E-state index in [0.29, 0.717) is 22.7 Å². The summed E-state index contributed by atoms with van der Waals surface area (Å²) in [6.07, 6.45) is 4.97. The highest BCUT2D eigenvalue weighted by Crippen LogP contribution is 2.45. The summed E-state index contributed by atoms with van der Waals surface area (Å²) in [7, 11) is 1.29. The van der Waals surface area contributed by atoms with Crippen molar-refractivity contribution in [3.63, 3.8) is 0 Å². The third-order valence-electron chi connectivity index (χ3n) is 7.87. The number of carbonyl (C=O) groups excluding carboxylic acids is 1. The van der Waals surface area contributed by atoms with Gasteiger partial charge in [0.05, 0.1) is 30.1 Å². The maximum atomic E-state index is 14.8. The molecule has 6 rings (SSSR count). The van der Waals surface area contributed by atoms with Gasteiger partial charge in [0.15, 0.2) is 10.9 Å². The van der Waals surface area contributed by atoms with E-state index >= 15 is 0 Å². The summed E-state index contributed by atoms with van der Waals surface area (Å²) in [5.74, 6) is 0.350. The van der Waals surface area contributed by atoms with Crippen molar-refractivity contribution >= 4 is 32.7 Å². The number of fused-ring (bicyclic) bond motifs is 1. The summed E-state index contributed by atoms with van der Waals surface area (Å²) in [5.41, 5.74) is 4.71. The smallest absolute Gasteiger partial charge is 0.338 e. The van der Waals surface area contributed by atoms with Gasteiger partial charge in [-0.15, -0.1) is 0 Å². The molecule has 2 aromatic heterocycles. The highest BCUT2D eigenvalue weighted by atomic mass is 32.1. The Labute approximate surface area is 230 Å². The minimum absolute atomic E-state index is 0.0925. The molecule has 1 saturated carbocycles. The van der Waals surface area contributed by atoms with Crippen molar-refractivity contribution < 1.29 is 23.2 Å². The average Bonchev–Trinajstić information content (AvgIpc) is 3.56. The van der Waals surface area contributed by atoms with Crippen LogP contribution >= 0.6 is 11.3 Å². The number of ether oxygens (including phenoxy) is 2. The highest BCUT2D eigenvalue weighted by molar-refractivity contribution is 7.22. The number of hydrogen-bond donors (Lipinski definition) is 0. The van der Waals surface area contributed by atoms with Gasteiger partial charge in [-0.2, -0.15) is 0 Å². The first-order chi connectivity index (χ1) is 19.0. The third kappa shape index (κ3) is 5.05. The van der Waals surface area contributed by atoms with Gasteiger partial charge in [0.1, 0.15) is 17.0 Å². The van der Waals surface area contributed by atoms with E-state index in [2.05, 4.69) is 41.0 Å². The van der Waals surface area contributed by atoms with Crippen LogP contribution in [-0.2, 0) is 16.1 Å². The molecule has 204 valence electrons. The number of halogens is 1. The summed E-state index contributed by atoms with van der Waals surface area (Å²) in [6.45, 7) is 5.49. The van der Waals surface area contributed by atoms with Crippen LogP contribution in [0.15, 0.2) is 40.9 Å². The molecular weight excluding hydrogens is 517 g/mol. The number of anilines is 1. The molecule has 2 aromatic carbocycles. The van der Waals surface area contributed by atoms with E-state index in [4.69, 9.17) is 14.0 Å². The number of aromatic nitrogens is 2. The summed E-state index contributed by atoms with van der Waals surface area (Å²) >= 11 is 1.41. The van der Waals surface area contributed by atoms with Gasteiger partial charge < -0.3 is 18.9 Å². The number of aryl methyl sites for hydroxylation is 1. The lowest BCUT2D eigenvalue weighted by Crippen LogP contribution is -2.44. The Morgan fingerprint density at radius 3 is 2.79 bits per heavy atom. The van der Waals surface area contributed by atoms with Crippen LogP contribution in [0.25, 0.3) is 21.5 Å². The van der Waals surface area contributed by atoms with Crippen LogP contribution in [0.2, 0.25) is 0 Å². The fourth-order valence-electron chi connectivity index (χ4n) is 5.52. The van der Waals surface area contributed by atoms with E-state index in [1.165, 1.54) is 30.1 Å². The predicted molar refractivity (Wildman–Crippen MR) is 149 cm³/mol. The van der Waals surface area contributed by atoms with E-state index in [-0.39, 0.29) is 17.7 Å². The molecular formula is C30H32FN3O4S.